The number of aromatic nitrogens is 3. The van der Waals surface area contributed by atoms with Crippen LogP contribution in [-0.4, -0.2) is 26.5 Å². The standard InChI is InChI=1S/C18H19ClN4O2/c1-11-15(17(24)20-12-7-3-2-4-8-12)23-18(25-11)21-16(22-23)13-9-5-6-10-14(13)19/h5-6,9-10,12H,2-4,7-8H2,1H3,(H,20,24). The summed E-state index contributed by atoms with van der Waals surface area (Å²) in [7, 11) is 0. The first-order chi connectivity index (χ1) is 12.1. The summed E-state index contributed by atoms with van der Waals surface area (Å²) in [4.78, 5) is 17.1. The Balaban J connectivity index is 1.68. The average molecular weight is 359 g/mol. The van der Waals surface area contributed by atoms with Gasteiger partial charge in [-0.25, -0.2) is 0 Å². The maximum Gasteiger partial charge on any atom is 0.325 e. The first-order valence-electron chi connectivity index (χ1n) is 8.55. The minimum absolute atomic E-state index is 0.168. The van der Waals surface area contributed by atoms with E-state index >= 15 is 0 Å². The molecule has 2 heterocycles. The van der Waals surface area contributed by atoms with E-state index < -0.39 is 0 Å². The second-order valence-electron chi connectivity index (χ2n) is 6.42. The third kappa shape index (κ3) is 3.02. The highest BCUT2D eigenvalue weighted by Gasteiger charge is 2.25. The maximum absolute atomic E-state index is 12.7. The van der Waals surface area contributed by atoms with Crippen molar-refractivity contribution in [1.29, 1.82) is 0 Å². The molecule has 0 radical (unpaired) electrons. The molecule has 6 nitrogen and oxygen atoms in total. The fourth-order valence-corrected chi connectivity index (χ4v) is 3.58. The van der Waals surface area contributed by atoms with E-state index in [0.29, 0.717) is 33.7 Å². The quantitative estimate of drug-likeness (QED) is 0.767. The predicted octanol–water partition coefficient (Wildman–Crippen LogP) is 4.01. The first kappa shape index (κ1) is 16.1. The summed E-state index contributed by atoms with van der Waals surface area (Å²) < 4.78 is 7.10. The first-order valence-corrected chi connectivity index (χ1v) is 8.93. The molecule has 130 valence electrons. The van der Waals surface area contributed by atoms with Gasteiger partial charge in [-0.15, -0.1) is 5.10 Å². The zero-order chi connectivity index (χ0) is 17.4. The van der Waals surface area contributed by atoms with Crippen LogP contribution in [-0.2, 0) is 0 Å². The van der Waals surface area contributed by atoms with E-state index in [2.05, 4.69) is 15.4 Å². The van der Waals surface area contributed by atoms with Crippen molar-refractivity contribution in [3.8, 4) is 11.4 Å². The number of nitrogens with one attached hydrogen (secondary N) is 1. The summed E-state index contributed by atoms with van der Waals surface area (Å²) >= 11 is 6.22. The van der Waals surface area contributed by atoms with E-state index in [9.17, 15) is 4.79 Å². The van der Waals surface area contributed by atoms with Crippen molar-refractivity contribution in [2.24, 2.45) is 0 Å². The van der Waals surface area contributed by atoms with Gasteiger partial charge in [-0.2, -0.15) is 9.50 Å². The van der Waals surface area contributed by atoms with Crippen LogP contribution in [0.1, 0.15) is 48.4 Å². The van der Waals surface area contributed by atoms with Crippen molar-refractivity contribution in [2.45, 2.75) is 45.1 Å². The highest BCUT2D eigenvalue weighted by Crippen LogP contribution is 2.27. The highest BCUT2D eigenvalue weighted by molar-refractivity contribution is 6.33. The molecule has 0 bridgehead atoms. The smallest absolute Gasteiger partial charge is 0.325 e. The molecule has 1 aliphatic carbocycles. The molecule has 0 atom stereocenters. The molecule has 0 saturated heterocycles. The number of hydrogen-bond acceptors (Lipinski definition) is 4. The number of carbonyl (C=O) groups excluding carboxylic acids is 1. The molecule has 1 aromatic carbocycles. The number of hydrogen-bond donors (Lipinski definition) is 1. The van der Waals surface area contributed by atoms with Gasteiger partial charge < -0.3 is 9.73 Å². The van der Waals surface area contributed by atoms with Gasteiger partial charge in [0.25, 0.3) is 5.91 Å². The average Bonchev–Trinajstić information content (AvgIpc) is 3.12. The van der Waals surface area contributed by atoms with Crippen LogP contribution in [0.15, 0.2) is 28.7 Å². The minimum Gasteiger partial charge on any atom is -0.427 e. The van der Waals surface area contributed by atoms with Crippen LogP contribution in [0.25, 0.3) is 17.2 Å². The largest absolute Gasteiger partial charge is 0.427 e. The normalized spacial score (nSPS) is 15.6. The van der Waals surface area contributed by atoms with Crippen molar-refractivity contribution in [3.63, 3.8) is 0 Å². The van der Waals surface area contributed by atoms with Crippen LogP contribution < -0.4 is 5.32 Å². The summed E-state index contributed by atoms with van der Waals surface area (Å²) in [5, 5.41) is 8.10. The van der Waals surface area contributed by atoms with Crippen LogP contribution in [0.2, 0.25) is 5.02 Å². The summed E-state index contributed by atoms with van der Waals surface area (Å²) in [6.07, 6.45) is 5.60. The van der Waals surface area contributed by atoms with Crippen molar-refractivity contribution < 1.29 is 9.21 Å². The molecule has 0 spiro atoms. The number of rotatable bonds is 3. The number of halogens is 1. The molecule has 1 N–H and O–H groups in total. The molecule has 25 heavy (non-hydrogen) atoms. The fourth-order valence-electron chi connectivity index (χ4n) is 3.36. The molecule has 2 aromatic heterocycles. The van der Waals surface area contributed by atoms with E-state index in [-0.39, 0.29) is 11.9 Å². The van der Waals surface area contributed by atoms with Gasteiger partial charge in [0.2, 0.25) is 0 Å². The second-order valence-corrected chi connectivity index (χ2v) is 6.83. The van der Waals surface area contributed by atoms with Gasteiger partial charge in [0.05, 0.1) is 5.02 Å². The zero-order valence-corrected chi connectivity index (χ0v) is 14.7. The lowest BCUT2D eigenvalue weighted by Crippen LogP contribution is -2.37. The Labute approximate surface area is 150 Å². The van der Waals surface area contributed by atoms with Gasteiger partial charge in [-0.1, -0.05) is 43.0 Å². The lowest BCUT2D eigenvalue weighted by molar-refractivity contribution is 0.0919. The van der Waals surface area contributed by atoms with Crippen LogP contribution in [0.4, 0.5) is 0 Å². The van der Waals surface area contributed by atoms with Crippen LogP contribution in [0.5, 0.6) is 0 Å². The van der Waals surface area contributed by atoms with Crippen molar-refractivity contribution in [2.75, 3.05) is 0 Å². The summed E-state index contributed by atoms with van der Waals surface area (Å²) in [6.45, 7) is 1.75. The summed E-state index contributed by atoms with van der Waals surface area (Å²) in [5.41, 5.74) is 1.10. The molecule has 4 rings (SSSR count). The Kier molecular flexibility index (Phi) is 4.21. The molecular formula is C18H19ClN4O2. The maximum atomic E-state index is 12.7. The molecule has 1 fully saturated rings. The molecule has 1 saturated carbocycles. The highest BCUT2D eigenvalue weighted by atomic mass is 35.5. The third-order valence-corrected chi connectivity index (χ3v) is 4.97. The van der Waals surface area contributed by atoms with Gasteiger partial charge in [-0.05, 0) is 31.9 Å². The minimum atomic E-state index is -0.168. The molecule has 1 aliphatic rings. The van der Waals surface area contributed by atoms with Crippen molar-refractivity contribution >= 4 is 23.4 Å². The lowest BCUT2D eigenvalue weighted by Gasteiger charge is -2.22. The SMILES string of the molecule is Cc1oc2nc(-c3ccccc3Cl)nn2c1C(=O)NC1CCCCC1. The molecular weight excluding hydrogens is 340 g/mol. The number of nitrogens with zero attached hydrogens (tertiary/aromatic N) is 3. The second kappa shape index (κ2) is 6.52. The number of amides is 1. The van der Waals surface area contributed by atoms with Crippen LogP contribution in [0, 0.1) is 6.92 Å². The topological polar surface area (TPSA) is 72.4 Å². The van der Waals surface area contributed by atoms with Gasteiger partial charge >= 0.3 is 5.84 Å². The molecule has 0 aliphatic heterocycles. The van der Waals surface area contributed by atoms with E-state index in [4.69, 9.17) is 16.0 Å². The van der Waals surface area contributed by atoms with E-state index in [0.717, 1.165) is 25.7 Å². The molecule has 3 aromatic rings. The van der Waals surface area contributed by atoms with E-state index in [1.807, 2.05) is 18.2 Å². The fraction of sp³-hybridized carbons (Fsp3) is 0.389. The molecule has 0 unspecified atom stereocenters. The Morgan fingerprint density at radius 1 is 1.28 bits per heavy atom. The Morgan fingerprint density at radius 2 is 2.04 bits per heavy atom. The predicted molar refractivity (Wildman–Crippen MR) is 94.8 cm³/mol. The zero-order valence-electron chi connectivity index (χ0n) is 14.0. The van der Waals surface area contributed by atoms with Gasteiger partial charge in [-0.3, -0.25) is 4.79 Å². The van der Waals surface area contributed by atoms with Crippen molar-refractivity contribution in [3.05, 3.63) is 40.7 Å². The van der Waals surface area contributed by atoms with Gasteiger partial charge in [0, 0.05) is 11.6 Å². The third-order valence-electron chi connectivity index (χ3n) is 4.64. The Morgan fingerprint density at radius 3 is 2.80 bits per heavy atom. The number of benzene rings is 1. The van der Waals surface area contributed by atoms with Crippen molar-refractivity contribution in [1.82, 2.24) is 19.9 Å². The number of carbonyl (C=O) groups is 1. The number of oxazole rings is 1. The number of aryl methyl sites for hydroxylation is 1. The van der Waals surface area contributed by atoms with Gasteiger partial charge in [0.15, 0.2) is 11.5 Å². The van der Waals surface area contributed by atoms with Gasteiger partial charge in [0.1, 0.15) is 5.76 Å². The summed E-state index contributed by atoms with van der Waals surface area (Å²) in [6, 6.07) is 7.55. The molecule has 7 heteroatoms. The summed E-state index contributed by atoms with van der Waals surface area (Å²) in [5.74, 6) is 1.07. The Hall–Kier alpha value is -2.34. The monoisotopic (exact) mass is 358 g/mol. The van der Waals surface area contributed by atoms with E-state index in [1.54, 1.807) is 13.0 Å². The number of fused-ring (bicyclic) bond motifs is 1. The van der Waals surface area contributed by atoms with Crippen LogP contribution in [0.3, 0.4) is 0 Å². The van der Waals surface area contributed by atoms with E-state index in [1.165, 1.54) is 10.9 Å². The Bertz CT molecular complexity index is 924. The van der Waals surface area contributed by atoms with Crippen LogP contribution >= 0.6 is 11.6 Å². The molecule has 1 amide bonds. The lowest BCUT2D eigenvalue weighted by atomic mass is 9.95.